The van der Waals surface area contributed by atoms with Gasteiger partial charge < -0.3 is 14.6 Å². The van der Waals surface area contributed by atoms with Crippen LogP contribution in [0.3, 0.4) is 0 Å². The molecule has 43 heavy (non-hydrogen) atoms. The van der Waals surface area contributed by atoms with Crippen LogP contribution >= 0.6 is 0 Å². The van der Waals surface area contributed by atoms with E-state index in [-0.39, 0.29) is 5.91 Å². The van der Waals surface area contributed by atoms with Crippen LogP contribution in [0.25, 0.3) is 22.2 Å². The second-order valence-corrected chi connectivity index (χ2v) is 11.5. The predicted octanol–water partition coefficient (Wildman–Crippen LogP) is 8.37. The zero-order valence-electron chi connectivity index (χ0n) is 25.5. The van der Waals surface area contributed by atoms with E-state index in [1.165, 1.54) is 22.2 Å². The topological polar surface area (TPSA) is 56.1 Å². The van der Waals surface area contributed by atoms with Crippen molar-refractivity contribution in [3.8, 4) is 16.9 Å². The van der Waals surface area contributed by atoms with Crippen molar-refractivity contribution in [2.24, 2.45) is 0 Å². The minimum atomic E-state index is 0.0764. The van der Waals surface area contributed by atoms with Crippen molar-refractivity contribution in [1.82, 2.24) is 14.9 Å². The van der Waals surface area contributed by atoms with Crippen LogP contribution < -0.4 is 10.1 Å². The molecule has 0 atom stereocenters. The van der Waals surface area contributed by atoms with E-state index in [0.29, 0.717) is 25.5 Å². The van der Waals surface area contributed by atoms with E-state index in [1.54, 1.807) is 0 Å². The fourth-order valence-corrected chi connectivity index (χ4v) is 5.57. The Kier molecular flexibility index (Phi) is 10.6. The third kappa shape index (κ3) is 8.35. The third-order valence-corrected chi connectivity index (χ3v) is 7.88. The maximum absolute atomic E-state index is 12.5. The molecule has 0 spiro atoms. The monoisotopic (exact) mass is 573 g/mol. The number of amides is 1. The quantitative estimate of drug-likeness (QED) is 0.128. The first-order valence-electron chi connectivity index (χ1n) is 15.7. The maximum Gasteiger partial charge on any atom is 0.224 e. The molecule has 0 aliphatic rings. The Balaban J connectivity index is 1.05. The second kappa shape index (κ2) is 15.2. The van der Waals surface area contributed by atoms with E-state index >= 15 is 0 Å². The molecule has 5 heteroatoms. The molecule has 0 aliphatic heterocycles. The molecule has 0 radical (unpaired) electrons. The molecule has 0 aliphatic carbocycles. The minimum absolute atomic E-state index is 0.0764. The number of imidazole rings is 1. The number of benzene rings is 4. The Morgan fingerprint density at radius 3 is 2.33 bits per heavy atom. The highest BCUT2D eigenvalue weighted by Gasteiger charge is 2.11. The first-order valence-corrected chi connectivity index (χ1v) is 15.7. The summed E-state index contributed by atoms with van der Waals surface area (Å²) < 4.78 is 8.55. The molecule has 5 rings (SSSR count). The van der Waals surface area contributed by atoms with Crippen LogP contribution in [0.4, 0.5) is 0 Å². The Morgan fingerprint density at radius 1 is 0.791 bits per heavy atom. The van der Waals surface area contributed by atoms with Gasteiger partial charge in [0.2, 0.25) is 5.91 Å². The summed E-state index contributed by atoms with van der Waals surface area (Å²) in [5, 5.41) is 3.09. The maximum atomic E-state index is 12.5. The number of rotatable bonds is 15. The van der Waals surface area contributed by atoms with E-state index in [2.05, 4.69) is 90.5 Å². The molecule has 4 aromatic carbocycles. The fourth-order valence-electron chi connectivity index (χ4n) is 5.57. The van der Waals surface area contributed by atoms with Gasteiger partial charge in [-0.15, -0.1) is 0 Å². The van der Waals surface area contributed by atoms with Gasteiger partial charge in [-0.25, -0.2) is 4.98 Å². The Hall–Kier alpha value is -4.38. The molecule has 0 unspecified atom stereocenters. The number of hydrogen-bond donors (Lipinski definition) is 1. The second-order valence-electron chi connectivity index (χ2n) is 11.5. The summed E-state index contributed by atoms with van der Waals surface area (Å²) in [6.45, 7) is 6.65. The van der Waals surface area contributed by atoms with Crippen LogP contribution in [0.1, 0.15) is 62.4 Å². The molecular weight excluding hydrogens is 530 g/mol. The van der Waals surface area contributed by atoms with Gasteiger partial charge in [0.1, 0.15) is 11.6 Å². The van der Waals surface area contributed by atoms with Gasteiger partial charge in [-0.3, -0.25) is 4.79 Å². The summed E-state index contributed by atoms with van der Waals surface area (Å²) in [7, 11) is 0. The number of aryl methyl sites for hydroxylation is 2. The number of nitrogens with one attached hydrogen (secondary N) is 1. The molecule has 222 valence electrons. The fraction of sp³-hybridized carbons (Fsp3) is 0.316. The number of nitrogens with zero attached hydrogens (tertiary/aromatic N) is 2. The predicted molar refractivity (Wildman–Crippen MR) is 177 cm³/mol. The summed E-state index contributed by atoms with van der Waals surface area (Å²) in [4.78, 5) is 17.5. The zero-order valence-corrected chi connectivity index (χ0v) is 25.5. The summed E-state index contributed by atoms with van der Waals surface area (Å²) in [5.74, 6) is 2.63. The average molecular weight is 574 g/mol. The van der Waals surface area contributed by atoms with Gasteiger partial charge in [0.25, 0.3) is 0 Å². The van der Waals surface area contributed by atoms with E-state index < -0.39 is 0 Å². The van der Waals surface area contributed by atoms with Gasteiger partial charge in [0, 0.05) is 19.5 Å². The van der Waals surface area contributed by atoms with Crippen molar-refractivity contribution in [3.05, 3.63) is 120 Å². The van der Waals surface area contributed by atoms with Crippen LogP contribution in [0.2, 0.25) is 0 Å². The Morgan fingerprint density at radius 2 is 1.51 bits per heavy atom. The first kappa shape index (κ1) is 30.1. The summed E-state index contributed by atoms with van der Waals surface area (Å²) >= 11 is 0. The number of unbranched alkanes of at least 4 members (excludes halogenated alkanes) is 2. The molecule has 1 amide bonds. The van der Waals surface area contributed by atoms with Gasteiger partial charge in [0.15, 0.2) is 0 Å². The largest absolute Gasteiger partial charge is 0.493 e. The smallest absolute Gasteiger partial charge is 0.224 e. The standard InChI is InChI=1S/C38H43N3O2/c1-29(2)33-16-8-11-19-36(33)43-27-13-26-41-35-18-10-9-17-34(35)40-37(41)20-7-4-12-25-39-38(42)28-30-21-23-32(24-22-30)31-14-5-3-6-15-31/h3,5-6,8-11,14-19,21-24,29H,4,7,12-13,20,25-28H2,1-2H3,(H,39,42). The number of carbonyl (C=O) groups excluding carboxylic acids is 1. The van der Waals surface area contributed by atoms with Crippen molar-refractivity contribution >= 4 is 16.9 Å². The van der Waals surface area contributed by atoms with E-state index in [1.807, 2.05) is 36.4 Å². The van der Waals surface area contributed by atoms with E-state index in [4.69, 9.17) is 9.72 Å². The molecule has 0 saturated carbocycles. The number of hydrogen-bond acceptors (Lipinski definition) is 3. The lowest BCUT2D eigenvalue weighted by atomic mass is 10.0. The number of fused-ring (bicyclic) bond motifs is 1. The third-order valence-electron chi connectivity index (χ3n) is 7.88. The van der Waals surface area contributed by atoms with Crippen LogP contribution in [0, 0.1) is 0 Å². The summed E-state index contributed by atoms with van der Waals surface area (Å²) in [5.41, 5.74) is 6.87. The molecule has 5 nitrogen and oxygen atoms in total. The van der Waals surface area contributed by atoms with Crippen molar-refractivity contribution in [2.45, 2.75) is 64.8 Å². The highest BCUT2D eigenvalue weighted by molar-refractivity contribution is 5.79. The van der Waals surface area contributed by atoms with Gasteiger partial charge in [-0.2, -0.15) is 0 Å². The summed E-state index contributed by atoms with van der Waals surface area (Å²) in [6, 6.07) is 35.3. The van der Waals surface area contributed by atoms with E-state index in [9.17, 15) is 4.79 Å². The van der Waals surface area contributed by atoms with Crippen molar-refractivity contribution in [1.29, 1.82) is 0 Å². The van der Waals surface area contributed by atoms with Crippen LogP contribution in [0.5, 0.6) is 5.75 Å². The lowest BCUT2D eigenvalue weighted by Gasteiger charge is -2.14. The van der Waals surface area contributed by atoms with Gasteiger partial charge >= 0.3 is 0 Å². The van der Waals surface area contributed by atoms with Crippen LogP contribution in [0.15, 0.2) is 103 Å². The SMILES string of the molecule is CC(C)c1ccccc1OCCCn1c(CCCCCNC(=O)Cc2ccc(-c3ccccc3)cc2)nc2ccccc21. The molecule has 0 saturated heterocycles. The normalized spacial score (nSPS) is 11.2. The van der Waals surface area contributed by atoms with Gasteiger partial charge in [-0.05, 0) is 65.6 Å². The minimum Gasteiger partial charge on any atom is -0.493 e. The highest BCUT2D eigenvalue weighted by Crippen LogP contribution is 2.26. The molecule has 5 aromatic rings. The lowest BCUT2D eigenvalue weighted by molar-refractivity contribution is -0.120. The number of para-hydroxylation sites is 3. The zero-order chi connectivity index (χ0) is 29.9. The van der Waals surface area contributed by atoms with E-state index in [0.717, 1.165) is 61.3 Å². The Labute approximate surface area is 255 Å². The molecule has 0 fully saturated rings. The molecule has 0 bridgehead atoms. The van der Waals surface area contributed by atoms with Gasteiger partial charge in [-0.1, -0.05) is 105 Å². The highest BCUT2D eigenvalue weighted by atomic mass is 16.5. The molecule has 1 aromatic heterocycles. The van der Waals surface area contributed by atoms with Crippen LogP contribution in [-0.2, 0) is 24.2 Å². The van der Waals surface area contributed by atoms with Gasteiger partial charge in [0.05, 0.1) is 24.1 Å². The Bertz CT molecular complexity index is 1590. The van der Waals surface area contributed by atoms with Crippen molar-refractivity contribution in [2.75, 3.05) is 13.2 Å². The number of aromatic nitrogens is 2. The number of carbonyl (C=O) groups is 1. The number of ether oxygens (including phenoxy) is 1. The first-order chi connectivity index (χ1) is 21.1. The summed E-state index contributed by atoms with van der Waals surface area (Å²) in [6.07, 6.45) is 5.30. The molecule has 1 N–H and O–H groups in total. The molecule has 1 heterocycles. The molecular formula is C38H43N3O2. The lowest BCUT2D eigenvalue weighted by Crippen LogP contribution is -2.26. The average Bonchev–Trinajstić information content (AvgIpc) is 3.39. The van der Waals surface area contributed by atoms with Crippen molar-refractivity contribution < 1.29 is 9.53 Å². The van der Waals surface area contributed by atoms with Crippen molar-refractivity contribution in [3.63, 3.8) is 0 Å². The van der Waals surface area contributed by atoms with Crippen LogP contribution in [-0.4, -0.2) is 28.6 Å².